The van der Waals surface area contributed by atoms with E-state index in [0.29, 0.717) is 17.6 Å². The van der Waals surface area contributed by atoms with Crippen molar-refractivity contribution in [2.75, 3.05) is 25.5 Å². The highest BCUT2D eigenvalue weighted by Gasteiger charge is 2.21. The SMILES string of the molecule is CCC(C)Nc1ncc2c(-c3ccn4ncc(C(=O)NC5CCN(C)CC5)c4c3)c[nH]c2n1. The minimum Gasteiger partial charge on any atom is -0.352 e. The highest BCUT2D eigenvalue weighted by molar-refractivity contribution is 6.02. The largest absolute Gasteiger partial charge is 0.352 e. The molecule has 1 saturated heterocycles. The van der Waals surface area contributed by atoms with Crippen molar-refractivity contribution in [1.82, 2.24) is 34.8 Å². The van der Waals surface area contributed by atoms with Crippen LogP contribution in [0.15, 0.2) is 36.9 Å². The number of aromatic amines is 1. The minimum absolute atomic E-state index is 0.0697. The summed E-state index contributed by atoms with van der Waals surface area (Å²) in [6, 6.07) is 4.51. The van der Waals surface area contributed by atoms with Crippen LogP contribution in [0.4, 0.5) is 5.95 Å². The van der Waals surface area contributed by atoms with Crippen LogP contribution in [-0.4, -0.2) is 67.6 Å². The van der Waals surface area contributed by atoms with Gasteiger partial charge in [0.05, 0.1) is 17.3 Å². The standard InChI is InChI=1S/C24H30N8O/c1-4-15(2)28-24-26-13-19-18(12-25-22(19)30-24)16-5-10-32-21(11-16)20(14-27-32)23(33)29-17-6-8-31(3)9-7-17/h5,10-15,17H,4,6-9H2,1-3H3,(H,29,33)(H2,25,26,28,30). The van der Waals surface area contributed by atoms with Crippen LogP contribution in [0.3, 0.4) is 0 Å². The van der Waals surface area contributed by atoms with Crippen LogP contribution < -0.4 is 10.6 Å². The minimum atomic E-state index is -0.0697. The summed E-state index contributed by atoms with van der Waals surface area (Å²) in [6.07, 6.45) is 10.2. The van der Waals surface area contributed by atoms with Crippen molar-refractivity contribution in [3.8, 4) is 11.1 Å². The van der Waals surface area contributed by atoms with E-state index in [1.165, 1.54) is 0 Å². The number of hydrogen-bond donors (Lipinski definition) is 3. The van der Waals surface area contributed by atoms with E-state index in [-0.39, 0.29) is 11.9 Å². The third-order valence-electron chi connectivity index (χ3n) is 6.55. The third-order valence-corrected chi connectivity index (χ3v) is 6.55. The van der Waals surface area contributed by atoms with Gasteiger partial charge in [0.1, 0.15) is 5.65 Å². The lowest BCUT2D eigenvalue weighted by Crippen LogP contribution is -2.43. The molecule has 0 saturated carbocycles. The van der Waals surface area contributed by atoms with Gasteiger partial charge in [0, 0.05) is 41.6 Å². The molecule has 5 heterocycles. The van der Waals surface area contributed by atoms with Crippen LogP contribution in [-0.2, 0) is 0 Å². The highest BCUT2D eigenvalue weighted by Crippen LogP contribution is 2.29. The predicted octanol–water partition coefficient (Wildman–Crippen LogP) is 3.31. The van der Waals surface area contributed by atoms with Crippen molar-refractivity contribution >= 4 is 28.4 Å². The Hall–Kier alpha value is -3.46. The number of piperidine rings is 1. The van der Waals surface area contributed by atoms with Gasteiger partial charge in [-0.15, -0.1) is 0 Å². The number of anilines is 1. The summed E-state index contributed by atoms with van der Waals surface area (Å²) in [6.45, 7) is 6.23. The molecule has 0 bridgehead atoms. The Kier molecular flexibility index (Phi) is 5.72. The molecule has 9 heteroatoms. The molecular formula is C24H30N8O. The zero-order valence-electron chi connectivity index (χ0n) is 19.3. The fraction of sp³-hybridized carbons (Fsp3) is 0.417. The number of pyridine rings is 1. The van der Waals surface area contributed by atoms with Crippen molar-refractivity contribution in [3.05, 3.63) is 42.5 Å². The Morgan fingerprint density at radius 3 is 2.91 bits per heavy atom. The number of carbonyl (C=O) groups is 1. The summed E-state index contributed by atoms with van der Waals surface area (Å²) >= 11 is 0. The van der Waals surface area contributed by atoms with E-state index in [9.17, 15) is 4.79 Å². The van der Waals surface area contributed by atoms with Crippen molar-refractivity contribution in [2.24, 2.45) is 0 Å². The molecule has 1 aliphatic rings. The highest BCUT2D eigenvalue weighted by atomic mass is 16.1. The van der Waals surface area contributed by atoms with Gasteiger partial charge in [0.15, 0.2) is 0 Å². The molecule has 1 atom stereocenters. The molecule has 1 fully saturated rings. The second-order valence-corrected chi connectivity index (χ2v) is 8.97. The predicted molar refractivity (Wildman–Crippen MR) is 129 cm³/mol. The number of fused-ring (bicyclic) bond motifs is 2. The number of amides is 1. The maximum atomic E-state index is 13.0. The molecule has 33 heavy (non-hydrogen) atoms. The van der Waals surface area contributed by atoms with E-state index >= 15 is 0 Å². The molecule has 1 unspecified atom stereocenters. The Morgan fingerprint density at radius 1 is 1.30 bits per heavy atom. The van der Waals surface area contributed by atoms with Crippen LogP contribution in [0.5, 0.6) is 0 Å². The lowest BCUT2D eigenvalue weighted by Gasteiger charge is -2.29. The van der Waals surface area contributed by atoms with Crippen LogP contribution >= 0.6 is 0 Å². The maximum Gasteiger partial charge on any atom is 0.255 e. The van der Waals surface area contributed by atoms with Crippen molar-refractivity contribution in [2.45, 2.75) is 45.2 Å². The average molecular weight is 447 g/mol. The quantitative estimate of drug-likeness (QED) is 0.420. The van der Waals surface area contributed by atoms with Crippen molar-refractivity contribution in [3.63, 3.8) is 0 Å². The van der Waals surface area contributed by atoms with E-state index in [1.54, 1.807) is 10.7 Å². The van der Waals surface area contributed by atoms with Gasteiger partial charge >= 0.3 is 0 Å². The normalized spacial score (nSPS) is 16.3. The molecule has 0 radical (unpaired) electrons. The van der Waals surface area contributed by atoms with Gasteiger partial charge in [-0.3, -0.25) is 4.79 Å². The first-order valence-electron chi connectivity index (χ1n) is 11.6. The summed E-state index contributed by atoms with van der Waals surface area (Å²) in [5, 5.41) is 11.8. The zero-order chi connectivity index (χ0) is 22.9. The molecule has 4 aromatic heterocycles. The number of rotatable bonds is 6. The van der Waals surface area contributed by atoms with E-state index in [0.717, 1.165) is 60.0 Å². The Morgan fingerprint density at radius 2 is 2.12 bits per heavy atom. The first-order valence-corrected chi connectivity index (χ1v) is 11.6. The molecule has 3 N–H and O–H groups in total. The third kappa shape index (κ3) is 4.28. The van der Waals surface area contributed by atoms with Gasteiger partial charge in [0.25, 0.3) is 5.91 Å². The van der Waals surface area contributed by atoms with Gasteiger partial charge in [-0.05, 0) is 64.0 Å². The lowest BCUT2D eigenvalue weighted by atomic mass is 10.0. The fourth-order valence-electron chi connectivity index (χ4n) is 4.28. The Balaban J connectivity index is 1.42. The molecule has 1 amide bonds. The van der Waals surface area contributed by atoms with Gasteiger partial charge in [-0.25, -0.2) is 9.50 Å². The average Bonchev–Trinajstić information content (AvgIpc) is 3.44. The smallest absolute Gasteiger partial charge is 0.255 e. The van der Waals surface area contributed by atoms with Crippen LogP contribution in [0.1, 0.15) is 43.5 Å². The number of carbonyl (C=O) groups excluding carboxylic acids is 1. The lowest BCUT2D eigenvalue weighted by molar-refractivity contribution is 0.0918. The summed E-state index contributed by atoms with van der Waals surface area (Å²) in [5.41, 5.74) is 4.12. The van der Waals surface area contributed by atoms with Gasteiger partial charge in [-0.1, -0.05) is 6.92 Å². The molecule has 0 aromatic carbocycles. The monoisotopic (exact) mass is 446 g/mol. The summed E-state index contributed by atoms with van der Waals surface area (Å²) in [5.74, 6) is 0.545. The van der Waals surface area contributed by atoms with E-state index in [2.05, 4.69) is 56.5 Å². The molecule has 0 spiro atoms. The molecule has 1 aliphatic heterocycles. The molecular weight excluding hydrogens is 416 g/mol. The number of nitrogens with zero attached hydrogens (tertiary/aromatic N) is 5. The number of aromatic nitrogens is 5. The number of hydrogen-bond acceptors (Lipinski definition) is 6. The zero-order valence-corrected chi connectivity index (χ0v) is 19.3. The fourth-order valence-corrected chi connectivity index (χ4v) is 4.28. The topological polar surface area (TPSA) is 103 Å². The first-order chi connectivity index (χ1) is 16.0. The van der Waals surface area contributed by atoms with E-state index in [1.807, 2.05) is 30.7 Å². The van der Waals surface area contributed by atoms with Crippen molar-refractivity contribution in [1.29, 1.82) is 0 Å². The van der Waals surface area contributed by atoms with Gasteiger partial charge in [-0.2, -0.15) is 10.1 Å². The Bertz CT molecular complexity index is 1280. The second-order valence-electron chi connectivity index (χ2n) is 8.97. The van der Waals surface area contributed by atoms with Gasteiger partial charge in [0.2, 0.25) is 5.95 Å². The molecule has 9 nitrogen and oxygen atoms in total. The van der Waals surface area contributed by atoms with E-state index in [4.69, 9.17) is 0 Å². The van der Waals surface area contributed by atoms with Crippen LogP contribution in [0.2, 0.25) is 0 Å². The molecule has 4 aromatic rings. The van der Waals surface area contributed by atoms with Crippen LogP contribution in [0.25, 0.3) is 27.7 Å². The van der Waals surface area contributed by atoms with E-state index < -0.39 is 0 Å². The number of H-pyrrole nitrogens is 1. The summed E-state index contributed by atoms with van der Waals surface area (Å²) < 4.78 is 1.74. The van der Waals surface area contributed by atoms with Crippen molar-refractivity contribution < 1.29 is 4.79 Å². The summed E-state index contributed by atoms with van der Waals surface area (Å²) in [7, 11) is 2.11. The number of nitrogens with one attached hydrogen (secondary N) is 3. The van der Waals surface area contributed by atoms with Crippen LogP contribution in [0, 0.1) is 0 Å². The molecule has 5 rings (SSSR count). The Labute approximate surface area is 192 Å². The van der Waals surface area contributed by atoms with Gasteiger partial charge < -0.3 is 20.5 Å². The maximum absolute atomic E-state index is 13.0. The summed E-state index contributed by atoms with van der Waals surface area (Å²) in [4.78, 5) is 27.7. The first kappa shape index (κ1) is 21.4. The molecule has 172 valence electrons. The number of likely N-dealkylation sites (tertiary alicyclic amines) is 1. The second kappa shape index (κ2) is 8.82. The molecule has 0 aliphatic carbocycles.